The van der Waals surface area contributed by atoms with Crippen molar-refractivity contribution in [2.75, 3.05) is 13.2 Å². The topological polar surface area (TPSA) is 93.4 Å². The Bertz CT molecular complexity index is 465. The minimum absolute atomic E-state index is 0.0339. The van der Waals surface area contributed by atoms with Gasteiger partial charge in [0, 0.05) is 36.9 Å². The van der Waals surface area contributed by atoms with E-state index in [4.69, 9.17) is 10.5 Å². The zero-order valence-electron chi connectivity index (χ0n) is 12.8. The molecule has 4 N–H and O–H groups in total. The molecule has 0 aromatic rings. The molecule has 4 atom stereocenters. The van der Waals surface area contributed by atoms with Gasteiger partial charge in [0.2, 0.25) is 11.8 Å². The number of hydrogen-bond acceptors (Lipinski definition) is 4. The minimum Gasteiger partial charge on any atom is -0.377 e. The summed E-state index contributed by atoms with van der Waals surface area (Å²) < 4.78 is 5.81. The Morgan fingerprint density at radius 3 is 2.90 bits per heavy atom. The van der Waals surface area contributed by atoms with Crippen LogP contribution in [0.5, 0.6) is 0 Å². The first-order valence-corrected chi connectivity index (χ1v) is 7.85. The second-order valence-electron chi connectivity index (χ2n) is 7.14. The SMILES string of the molecule is CC1(C)C2OCCCC2C1(N)C(=O)NCC1CCC(=O)N1. The van der Waals surface area contributed by atoms with Gasteiger partial charge < -0.3 is 21.1 Å². The van der Waals surface area contributed by atoms with Crippen LogP contribution in [0.15, 0.2) is 0 Å². The van der Waals surface area contributed by atoms with Crippen LogP contribution in [0.1, 0.15) is 39.5 Å². The summed E-state index contributed by atoms with van der Waals surface area (Å²) in [6, 6.07) is 0.0339. The Kier molecular flexibility index (Phi) is 3.48. The number of carbonyl (C=O) groups excluding carboxylic acids is 2. The lowest BCUT2D eigenvalue weighted by molar-refractivity contribution is -0.225. The lowest BCUT2D eigenvalue weighted by atomic mass is 9.46. The monoisotopic (exact) mass is 295 g/mol. The molecule has 6 nitrogen and oxygen atoms in total. The maximum atomic E-state index is 12.7. The molecule has 6 heteroatoms. The number of fused-ring (bicyclic) bond motifs is 1. The molecule has 21 heavy (non-hydrogen) atoms. The smallest absolute Gasteiger partial charge is 0.241 e. The molecule has 0 bridgehead atoms. The average Bonchev–Trinajstić information content (AvgIpc) is 2.89. The van der Waals surface area contributed by atoms with Gasteiger partial charge in [0.15, 0.2) is 0 Å². The second kappa shape index (κ2) is 4.95. The lowest BCUT2D eigenvalue weighted by Gasteiger charge is -2.65. The van der Waals surface area contributed by atoms with Crippen LogP contribution in [-0.2, 0) is 14.3 Å². The third-order valence-corrected chi connectivity index (χ3v) is 5.65. The highest BCUT2D eigenvalue weighted by molar-refractivity contribution is 5.89. The molecule has 3 aliphatic rings. The fourth-order valence-corrected chi connectivity index (χ4v) is 4.23. The van der Waals surface area contributed by atoms with E-state index in [0.717, 1.165) is 25.9 Å². The standard InChI is InChI=1S/C15H25N3O3/c1-14(2)12-10(4-3-7-21-12)15(14,16)13(20)17-8-9-5-6-11(19)18-9/h9-10,12H,3-8,16H2,1-2H3,(H,17,20)(H,18,19). The van der Waals surface area contributed by atoms with E-state index in [0.29, 0.717) is 13.0 Å². The van der Waals surface area contributed by atoms with Gasteiger partial charge in [-0.05, 0) is 19.3 Å². The Hall–Kier alpha value is -1.14. The summed E-state index contributed by atoms with van der Waals surface area (Å²) >= 11 is 0. The average molecular weight is 295 g/mol. The lowest BCUT2D eigenvalue weighted by Crippen LogP contribution is -2.82. The predicted octanol–water partition coefficient (Wildman–Crippen LogP) is -0.0863. The van der Waals surface area contributed by atoms with Crippen molar-refractivity contribution in [3.63, 3.8) is 0 Å². The van der Waals surface area contributed by atoms with Gasteiger partial charge in [0.25, 0.3) is 0 Å². The van der Waals surface area contributed by atoms with Crippen LogP contribution >= 0.6 is 0 Å². The summed E-state index contributed by atoms with van der Waals surface area (Å²) in [5.41, 5.74) is 5.28. The van der Waals surface area contributed by atoms with E-state index in [9.17, 15) is 9.59 Å². The van der Waals surface area contributed by atoms with Gasteiger partial charge in [0.05, 0.1) is 6.10 Å². The molecule has 0 spiro atoms. The van der Waals surface area contributed by atoms with Crippen molar-refractivity contribution in [1.82, 2.24) is 10.6 Å². The zero-order valence-corrected chi connectivity index (χ0v) is 12.8. The van der Waals surface area contributed by atoms with Crippen LogP contribution in [0, 0.1) is 11.3 Å². The molecular formula is C15H25N3O3. The molecule has 2 amide bonds. The second-order valence-corrected chi connectivity index (χ2v) is 7.14. The number of rotatable bonds is 3. The maximum absolute atomic E-state index is 12.7. The van der Waals surface area contributed by atoms with Crippen molar-refractivity contribution in [2.24, 2.45) is 17.1 Å². The summed E-state index contributed by atoms with van der Waals surface area (Å²) in [6.45, 7) is 5.24. The molecule has 2 saturated heterocycles. The van der Waals surface area contributed by atoms with Gasteiger partial charge in [-0.1, -0.05) is 13.8 Å². The summed E-state index contributed by atoms with van der Waals surface area (Å²) in [5.74, 6) is 0.0428. The van der Waals surface area contributed by atoms with Gasteiger partial charge in [-0.15, -0.1) is 0 Å². The third-order valence-electron chi connectivity index (χ3n) is 5.65. The molecule has 1 saturated carbocycles. The molecular weight excluding hydrogens is 270 g/mol. The van der Waals surface area contributed by atoms with E-state index < -0.39 is 5.54 Å². The van der Waals surface area contributed by atoms with Gasteiger partial charge in [-0.2, -0.15) is 0 Å². The summed E-state index contributed by atoms with van der Waals surface area (Å²) in [5, 5.41) is 5.80. The van der Waals surface area contributed by atoms with E-state index in [1.807, 2.05) is 13.8 Å². The van der Waals surface area contributed by atoms with Gasteiger partial charge in [-0.25, -0.2) is 0 Å². The largest absolute Gasteiger partial charge is 0.377 e. The van der Waals surface area contributed by atoms with Crippen molar-refractivity contribution < 1.29 is 14.3 Å². The van der Waals surface area contributed by atoms with E-state index in [1.165, 1.54) is 0 Å². The quantitative estimate of drug-likeness (QED) is 0.678. The Morgan fingerprint density at radius 2 is 2.24 bits per heavy atom. The Morgan fingerprint density at radius 1 is 1.48 bits per heavy atom. The molecule has 3 fully saturated rings. The van der Waals surface area contributed by atoms with Crippen LogP contribution < -0.4 is 16.4 Å². The first kappa shape index (κ1) is 14.8. The Balaban J connectivity index is 1.64. The van der Waals surface area contributed by atoms with Crippen molar-refractivity contribution >= 4 is 11.8 Å². The number of carbonyl (C=O) groups is 2. The van der Waals surface area contributed by atoms with Crippen molar-refractivity contribution in [1.29, 1.82) is 0 Å². The number of ether oxygens (including phenoxy) is 1. The third kappa shape index (κ3) is 2.07. The van der Waals surface area contributed by atoms with E-state index >= 15 is 0 Å². The molecule has 2 aliphatic heterocycles. The van der Waals surface area contributed by atoms with Gasteiger partial charge >= 0.3 is 0 Å². The highest BCUT2D eigenvalue weighted by Crippen LogP contribution is 2.57. The number of nitrogens with one attached hydrogen (secondary N) is 2. The van der Waals surface area contributed by atoms with Crippen molar-refractivity contribution in [3.05, 3.63) is 0 Å². The van der Waals surface area contributed by atoms with E-state index in [2.05, 4.69) is 10.6 Å². The minimum atomic E-state index is -0.874. The van der Waals surface area contributed by atoms with Gasteiger partial charge in [0.1, 0.15) is 5.54 Å². The summed E-state index contributed by atoms with van der Waals surface area (Å²) in [7, 11) is 0. The molecule has 3 rings (SSSR count). The van der Waals surface area contributed by atoms with Crippen LogP contribution in [0.25, 0.3) is 0 Å². The molecule has 118 valence electrons. The highest BCUT2D eigenvalue weighted by atomic mass is 16.5. The molecule has 1 aliphatic carbocycles. The molecule has 2 heterocycles. The molecule has 0 aromatic carbocycles. The molecule has 0 aromatic heterocycles. The normalized spacial score (nSPS) is 40.9. The fourth-order valence-electron chi connectivity index (χ4n) is 4.23. The Labute approximate surface area is 125 Å². The predicted molar refractivity (Wildman–Crippen MR) is 77.3 cm³/mol. The summed E-state index contributed by atoms with van der Waals surface area (Å²) in [6.07, 6.45) is 3.29. The highest BCUT2D eigenvalue weighted by Gasteiger charge is 2.70. The first-order chi connectivity index (χ1) is 9.87. The molecule has 4 unspecified atom stereocenters. The maximum Gasteiger partial charge on any atom is 0.241 e. The van der Waals surface area contributed by atoms with Crippen LogP contribution in [0.2, 0.25) is 0 Å². The fraction of sp³-hybridized carbons (Fsp3) is 0.867. The van der Waals surface area contributed by atoms with Crippen LogP contribution in [-0.4, -0.2) is 42.7 Å². The first-order valence-electron chi connectivity index (χ1n) is 7.85. The number of nitrogens with two attached hydrogens (primary N) is 1. The van der Waals surface area contributed by atoms with E-state index in [1.54, 1.807) is 0 Å². The van der Waals surface area contributed by atoms with Gasteiger partial charge in [-0.3, -0.25) is 9.59 Å². The van der Waals surface area contributed by atoms with Crippen LogP contribution in [0.4, 0.5) is 0 Å². The molecule has 0 radical (unpaired) electrons. The van der Waals surface area contributed by atoms with Crippen molar-refractivity contribution in [2.45, 2.75) is 57.2 Å². The van der Waals surface area contributed by atoms with Crippen LogP contribution in [0.3, 0.4) is 0 Å². The van der Waals surface area contributed by atoms with E-state index in [-0.39, 0.29) is 35.3 Å². The number of amides is 2. The summed E-state index contributed by atoms with van der Waals surface area (Å²) in [4.78, 5) is 23.8. The number of hydrogen-bond donors (Lipinski definition) is 3. The van der Waals surface area contributed by atoms with Crippen molar-refractivity contribution in [3.8, 4) is 0 Å². The zero-order chi connectivity index (χ0) is 15.3.